The Morgan fingerprint density at radius 1 is 0.411 bits per heavy atom. The fourth-order valence-electron chi connectivity index (χ4n) is 14.0. The van der Waals surface area contributed by atoms with Crippen molar-refractivity contribution in [3.8, 4) is 45.3 Å². The maximum absolute atomic E-state index is 12.7. The van der Waals surface area contributed by atoms with E-state index in [1.54, 1.807) is 36.4 Å². The molecule has 0 spiro atoms. The van der Waals surface area contributed by atoms with Gasteiger partial charge < -0.3 is 19.7 Å². The van der Waals surface area contributed by atoms with E-state index >= 15 is 0 Å². The van der Waals surface area contributed by atoms with Crippen LogP contribution in [0.5, 0.6) is 23.0 Å². The molecule has 10 aromatic rings. The number of phenolic OH excluding ortho intramolecular Hbond substituents is 2. The number of hydrogen-bond acceptors (Lipinski definition) is 10. The Morgan fingerprint density at radius 3 is 1.13 bits per heavy atom. The number of hydrogen-bond donors (Lipinski definition) is 2. The lowest BCUT2D eigenvalue weighted by Gasteiger charge is -2.33. The maximum atomic E-state index is 12.7. The van der Waals surface area contributed by atoms with Gasteiger partial charge in [-0.05, 0) is 155 Å². The van der Waals surface area contributed by atoms with Gasteiger partial charge in [0.25, 0.3) is 20.2 Å². The van der Waals surface area contributed by atoms with Gasteiger partial charge in [0, 0.05) is 34.1 Å². The molecule has 1 aliphatic heterocycles. The van der Waals surface area contributed by atoms with Gasteiger partial charge in [-0.25, -0.2) is 0 Å². The summed E-state index contributed by atoms with van der Waals surface area (Å²) in [7, 11) is -7.89. The molecule has 12 heteroatoms. The summed E-state index contributed by atoms with van der Waals surface area (Å²) in [6.45, 7) is 9.49. The quantitative estimate of drug-likeness (QED) is 0.0951. The third kappa shape index (κ3) is 14.9. The molecule has 0 aromatic heterocycles. The number of aryl methyl sites for hydroxylation is 2. The van der Waals surface area contributed by atoms with E-state index in [0.717, 1.165) is 107 Å². The Bertz CT molecular complexity index is 4050. The van der Waals surface area contributed by atoms with Crippen LogP contribution in [-0.2, 0) is 28.6 Å². The molecule has 1 heterocycles. The number of benzene rings is 10. The maximum Gasteiger partial charge on any atom is 0.296 e. The van der Waals surface area contributed by atoms with Crippen LogP contribution in [-0.4, -0.2) is 53.5 Å². The molecule has 2 N–H and O–H groups in total. The van der Waals surface area contributed by atoms with Crippen molar-refractivity contribution >= 4 is 63.3 Å². The molecule has 3 aliphatic rings. The first-order valence-corrected chi connectivity index (χ1v) is 35.1. The summed E-state index contributed by atoms with van der Waals surface area (Å²) in [4.78, 5) is 0.188. The SMILES string of the molecule is CCCC1CCC(C(COS(=O)(=O)c2ccc(C)cc2)COS(=O)(=O)c2ccc(C)cc2)CC1.CCCC1CCC(C2COc3ccc4ccccc4c3-c3c(ccc4ccccc34)OC2)CC1.Oc1ccc2ccccc2c1-c1c(O)ccc2ccccc12. The minimum absolute atomic E-state index is 0.0942. The minimum Gasteiger partial charge on any atom is -0.507 e. The van der Waals surface area contributed by atoms with Gasteiger partial charge in [-0.1, -0.05) is 222 Å². The second-order valence-electron chi connectivity index (χ2n) is 25.1. The summed E-state index contributed by atoms with van der Waals surface area (Å²) in [5, 5.41) is 29.7. The number of fused-ring (bicyclic) bond motifs is 9. The first-order valence-electron chi connectivity index (χ1n) is 32.3. The van der Waals surface area contributed by atoms with Crippen LogP contribution < -0.4 is 9.47 Å². The smallest absolute Gasteiger partial charge is 0.296 e. The van der Waals surface area contributed by atoms with Crippen molar-refractivity contribution in [2.45, 2.75) is 115 Å². The predicted octanol–water partition coefficient (Wildman–Crippen LogP) is 19.4. The van der Waals surface area contributed by atoms with Crippen molar-refractivity contribution in [2.75, 3.05) is 26.4 Å². The summed E-state index contributed by atoms with van der Waals surface area (Å²) >= 11 is 0. The average Bonchev–Trinajstić information content (AvgIpc) is 1.02. The second-order valence-corrected chi connectivity index (χ2v) is 28.3. The first-order chi connectivity index (χ1) is 43.7. The lowest BCUT2D eigenvalue weighted by molar-refractivity contribution is 0.0983. The highest BCUT2D eigenvalue weighted by atomic mass is 32.2. The molecular weight excluding hydrogens is 1160 g/mol. The van der Waals surface area contributed by atoms with Gasteiger partial charge in [0.2, 0.25) is 0 Å². The number of rotatable bonds is 15. The van der Waals surface area contributed by atoms with Crippen LogP contribution in [0.15, 0.2) is 204 Å². The zero-order valence-electron chi connectivity index (χ0n) is 52.2. The molecule has 13 rings (SSSR count). The van der Waals surface area contributed by atoms with Crippen molar-refractivity contribution in [3.05, 3.63) is 205 Å². The van der Waals surface area contributed by atoms with E-state index in [-0.39, 0.29) is 46.3 Å². The Morgan fingerprint density at radius 2 is 0.756 bits per heavy atom. The van der Waals surface area contributed by atoms with Crippen LogP contribution in [0.3, 0.4) is 0 Å². The van der Waals surface area contributed by atoms with E-state index in [4.69, 9.17) is 17.8 Å². The highest BCUT2D eigenvalue weighted by Crippen LogP contribution is 2.48. The number of phenols is 2. The van der Waals surface area contributed by atoms with E-state index < -0.39 is 20.2 Å². The minimum atomic E-state index is -3.95. The molecule has 10 aromatic carbocycles. The number of ether oxygens (including phenoxy) is 2. The van der Waals surface area contributed by atoms with Gasteiger partial charge in [0.05, 0.1) is 36.2 Å². The Labute approximate surface area is 532 Å². The van der Waals surface area contributed by atoms with Gasteiger partial charge in [-0.15, -0.1) is 0 Å². The molecule has 0 atom stereocenters. The molecule has 468 valence electrons. The van der Waals surface area contributed by atoms with Crippen LogP contribution in [0.2, 0.25) is 0 Å². The lowest BCUT2D eigenvalue weighted by Crippen LogP contribution is -2.30. The van der Waals surface area contributed by atoms with Crippen molar-refractivity contribution in [1.29, 1.82) is 0 Å². The van der Waals surface area contributed by atoms with Gasteiger partial charge >= 0.3 is 0 Å². The van der Waals surface area contributed by atoms with Gasteiger partial charge in [0.1, 0.15) is 23.0 Å². The lowest BCUT2D eigenvalue weighted by atomic mass is 9.75. The van der Waals surface area contributed by atoms with Crippen molar-refractivity contribution in [1.82, 2.24) is 0 Å². The van der Waals surface area contributed by atoms with E-state index in [1.165, 1.54) is 90.8 Å². The van der Waals surface area contributed by atoms with Crippen LogP contribution in [0.4, 0.5) is 0 Å². The largest absolute Gasteiger partial charge is 0.507 e. The van der Waals surface area contributed by atoms with Gasteiger partial charge in [-0.3, -0.25) is 8.37 Å². The van der Waals surface area contributed by atoms with Crippen molar-refractivity contribution < 1.29 is 44.9 Å². The van der Waals surface area contributed by atoms with E-state index in [1.807, 2.05) is 74.5 Å². The van der Waals surface area contributed by atoms with Crippen molar-refractivity contribution in [3.63, 3.8) is 0 Å². The summed E-state index contributed by atoms with van der Waals surface area (Å²) in [5.74, 6) is 4.79. The third-order valence-electron chi connectivity index (χ3n) is 19.0. The Kier molecular flexibility index (Phi) is 20.6. The van der Waals surface area contributed by atoms with E-state index in [9.17, 15) is 27.0 Å². The Balaban J connectivity index is 0.000000142. The molecule has 0 amide bonds. The second kappa shape index (κ2) is 29.0. The van der Waals surface area contributed by atoms with E-state index in [2.05, 4.69) is 86.6 Å². The molecule has 10 nitrogen and oxygen atoms in total. The van der Waals surface area contributed by atoms with Crippen LogP contribution in [0, 0.1) is 49.4 Å². The topological polar surface area (TPSA) is 146 Å². The summed E-state index contributed by atoms with van der Waals surface area (Å²) < 4.78 is 75.2. The molecule has 2 aliphatic carbocycles. The Hall–Kier alpha value is -7.74. The van der Waals surface area contributed by atoms with Gasteiger partial charge in [0.15, 0.2) is 0 Å². The van der Waals surface area contributed by atoms with Crippen LogP contribution in [0.25, 0.3) is 65.3 Å². The fourth-order valence-corrected chi connectivity index (χ4v) is 15.9. The molecule has 0 bridgehead atoms. The van der Waals surface area contributed by atoms with Gasteiger partial charge in [-0.2, -0.15) is 16.8 Å². The molecule has 0 radical (unpaired) electrons. The highest BCUT2D eigenvalue weighted by molar-refractivity contribution is 7.87. The van der Waals surface area contributed by atoms with Crippen LogP contribution >= 0.6 is 0 Å². The molecule has 2 saturated carbocycles. The molecule has 0 unspecified atom stereocenters. The zero-order valence-corrected chi connectivity index (χ0v) is 53.9. The molecular formula is C78H84O10S2. The standard InChI is InChI=1S/C32H34O2.C26H36O6S2.C20H14O2/c1-2-7-22-12-14-23(15-13-22)26-20-33-29-18-16-24-8-3-5-10-27(24)31(29)32-28-11-6-4-9-25(28)17-19-30(32)34-21-26;1-4-5-22-10-12-23(13-11-22)24(18-31-33(27,28)25-14-6-20(2)7-15-25)19-32-34(29,30)26-16-8-21(3)9-17-26;21-17-11-9-13-5-1-3-7-15(13)19(17)20-16-8-4-2-6-14(16)10-12-18(20)22/h3-6,8-11,16-19,22-23,26H,2,7,12-15,20-21H2,1H3;6-9,14-17,22-24H,4-5,10-13,18-19H2,1-3H3;1-12,21-22H. The monoisotopic (exact) mass is 1240 g/mol. The van der Waals surface area contributed by atoms with Crippen LogP contribution in [0.1, 0.15) is 102 Å². The summed E-state index contributed by atoms with van der Waals surface area (Å²) in [5.41, 5.74) is 5.58. The highest BCUT2D eigenvalue weighted by Gasteiger charge is 2.33. The van der Waals surface area contributed by atoms with E-state index in [0.29, 0.717) is 28.9 Å². The first kappa shape index (κ1) is 63.8. The molecule has 0 saturated heterocycles. The predicted molar refractivity (Wildman–Crippen MR) is 364 cm³/mol. The summed E-state index contributed by atoms with van der Waals surface area (Å²) in [6, 6.07) is 61.8. The third-order valence-corrected chi connectivity index (χ3v) is 21.6. The van der Waals surface area contributed by atoms with Crippen molar-refractivity contribution in [2.24, 2.45) is 35.5 Å². The normalized spacial score (nSPS) is 18.0. The zero-order chi connectivity index (χ0) is 62.8. The fraction of sp³-hybridized carbons (Fsp3) is 0.333. The number of aromatic hydroxyl groups is 2. The molecule has 90 heavy (non-hydrogen) atoms. The summed E-state index contributed by atoms with van der Waals surface area (Å²) in [6.07, 6.45) is 14.3. The average molecular weight is 1250 g/mol. The molecule has 2 fully saturated rings.